The maximum absolute atomic E-state index is 8.79. The molecule has 0 amide bonds. The predicted molar refractivity (Wildman–Crippen MR) is 71.5 cm³/mol. The summed E-state index contributed by atoms with van der Waals surface area (Å²) in [7, 11) is 0. The number of nitrogens with zero attached hydrogens (tertiary/aromatic N) is 2. The molecule has 0 aliphatic heterocycles. The maximum Gasteiger partial charge on any atom is 0.0877 e. The van der Waals surface area contributed by atoms with E-state index in [1.807, 2.05) is 35.1 Å². The number of hydrogen-bond donors (Lipinski definition) is 2. The Hall–Kier alpha value is -1.33. The molecule has 0 aliphatic carbocycles. The van der Waals surface area contributed by atoms with Gasteiger partial charge in [0.25, 0.3) is 0 Å². The van der Waals surface area contributed by atoms with Crippen LogP contribution < -0.4 is 5.32 Å². The van der Waals surface area contributed by atoms with E-state index in [4.69, 9.17) is 5.11 Å². The lowest BCUT2D eigenvalue weighted by molar-refractivity contribution is 0.292. The molecular weight excluding hydrogens is 282 g/mol. The Labute approximate surface area is 108 Å². The fraction of sp³-hybridized carbons (Fsp3) is 0.250. The van der Waals surface area contributed by atoms with E-state index in [-0.39, 0.29) is 6.61 Å². The summed E-state index contributed by atoms with van der Waals surface area (Å²) in [6.07, 6.45) is 4.38. The molecule has 0 saturated heterocycles. The van der Waals surface area contributed by atoms with E-state index in [9.17, 15) is 0 Å². The first kappa shape index (κ1) is 12.1. The predicted octanol–water partition coefficient (Wildman–Crippen LogP) is 2.43. The second-order valence-corrected chi connectivity index (χ2v) is 4.53. The number of nitrogens with one attached hydrogen (secondary N) is 1. The highest BCUT2D eigenvalue weighted by atomic mass is 79.9. The van der Waals surface area contributed by atoms with E-state index in [2.05, 4.69) is 26.3 Å². The molecule has 0 atom stereocenters. The molecule has 0 radical (unpaired) electrons. The quantitative estimate of drug-likeness (QED) is 0.833. The first-order chi connectivity index (χ1) is 8.31. The van der Waals surface area contributed by atoms with Gasteiger partial charge in [-0.3, -0.25) is 0 Å². The van der Waals surface area contributed by atoms with Crippen LogP contribution in [0.4, 0.5) is 5.69 Å². The fourth-order valence-electron chi connectivity index (χ4n) is 1.56. The Morgan fingerprint density at radius 2 is 2.29 bits per heavy atom. The van der Waals surface area contributed by atoms with Crippen LogP contribution in [0, 0.1) is 0 Å². The largest absolute Gasteiger partial charge is 0.396 e. The third kappa shape index (κ3) is 3.08. The monoisotopic (exact) mass is 295 g/mol. The minimum atomic E-state index is 0.193. The van der Waals surface area contributed by atoms with Crippen LogP contribution in [-0.2, 0) is 0 Å². The Morgan fingerprint density at radius 3 is 3.00 bits per heavy atom. The van der Waals surface area contributed by atoms with Gasteiger partial charge in [-0.05, 0) is 30.7 Å². The summed E-state index contributed by atoms with van der Waals surface area (Å²) in [5.41, 5.74) is 1.99. The molecule has 1 aromatic heterocycles. The number of aliphatic hydroxyl groups excluding tert-OH is 1. The summed E-state index contributed by atoms with van der Waals surface area (Å²) in [6.45, 7) is 0.930. The standard InChI is InChI=1S/C12H14BrN3O/c13-10-3-4-12(16-7-1-6-15-16)11(9-10)14-5-2-8-17/h1,3-4,6-7,9,14,17H,2,5,8H2. The van der Waals surface area contributed by atoms with Gasteiger partial charge >= 0.3 is 0 Å². The van der Waals surface area contributed by atoms with Gasteiger partial charge < -0.3 is 10.4 Å². The Bertz CT molecular complexity index is 471. The highest BCUT2D eigenvalue weighted by Crippen LogP contribution is 2.24. The molecule has 1 heterocycles. The van der Waals surface area contributed by atoms with Gasteiger partial charge in [0.05, 0.1) is 11.4 Å². The number of aliphatic hydroxyl groups is 1. The summed E-state index contributed by atoms with van der Waals surface area (Å²) in [6, 6.07) is 7.88. The van der Waals surface area contributed by atoms with E-state index in [0.29, 0.717) is 0 Å². The molecule has 17 heavy (non-hydrogen) atoms. The Morgan fingerprint density at radius 1 is 1.41 bits per heavy atom. The molecule has 0 bridgehead atoms. The van der Waals surface area contributed by atoms with Crippen molar-refractivity contribution in [3.8, 4) is 5.69 Å². The third-order valence-electron chi connectivity index (χ3n) is 2.36. The van der Waals surface area contributed by atoms with Crippen LogP contribution in [0.5, 0.6) is 0 Å². The van der Waals surface area contributed by atoms with Crippen molar-refractivity contribution in [2.45, 2.75) is 6.42 Å². The van der Waals surface area contributed by atoms with E-state index >= 15 is 0 Å². The van der Waals surface area contributed by atoms with Gasteiger partial charge in [-0.2, -0.15) is 5.10 Å². The fourth-order valence-corrected chi connectivity index (χ4v) is 1.92. The molecule has 90 valence electrons. The normalized spacial score (nSPS) is 10.5. The SMILES string of the molecule is OCCCNc1cc(Br)ccc1-n1cccn1. The zero-order valence-electron chi connectivity index (χ0n) is 9.31. The van der Waals surface area contributed by atoms with Crippen LogP contribution in [0.15, 0.2) is 41.1 Å². The van der Waals surface area contributed by atoms with Crippen molar-refractivity contribution in [2.24, 2.45) is 0 Å². The lowest BCUT2D eigenvalue weighted by Crippen LogP contribution is -2.07. The topological polar surface area (TPSA) is 50.1 Å². The number of aromatic nitrogens is 2. The summed E-state index contributed by atoms with van der Waals surface area (Å²) in [5, 5.41) is 16.3. The van der Waals surface area contributed by atoms with Crippen molar-refractivity contribution < 1.29 is 5.11 Å². The maximum atomic E-state index is 8.79. The van der Waals surface area contributed by atoms with Crippen LogP contribution in [0.25, 0.3) is 5.69 Å². The van der Waals surface area contributed by atoms with Gasteiger partial charge in [0, 0.05) is 30.0 Å². The molecule has 0 saturated carbocycles. The molecule has 2 N–H and O–H groups in total. The number of halogens is 1. The van der Waals surface area contributed by atoms with Crippen molar-refractivity contribution >= 4 is 21.6 Å². The zero-order chi connectivity index (χ0) is 12.1. The molecule has 0 spiro atoms. The average Bonchev–Trinajstić information content (AvgIpc) is 2.83. The molecule has 4 nitrogen and oxygen atoms in total. The van der Waals surface area contributed by atoms with Crippen LogP contribution in [-0.4, -0.2) is 28.0 Å². The first-order valence-electron chi connectivity index (χ1n) is 5.45. The Kier molecular flexibility index (Phi) is 4.17. The number of anilines is 1. The van der Waals surface area contributed by atoms with Crippen molar-refractivity contribution in [3.05, 3.63) is 41.1 Å². The molecule has 0 aliphatic rings. The Balaban J connectivity index is 2.25. The summed E-state index contributed by atoms with van der Waals surface area (Å²) >= 11 is 3.45. The van der Waals surface area contributed by atoms with Gasteiger partial charge in [0.2, 0.25) is 0 Å². The summed E-state index contributed by atoms with van der Waals surface area (Å²) in [4.78, 5) is 0. The molecule has 0 fully saturated rings. The summed E-state index contributed by atoms with van der Waals surface area (Å²) in [5.74, 6) is 0. The van der Waals surface area contributed by atoms with Crippen LogP contribution in [0.1, 0.15) is 6.42 Å². The van der Waals surface area contributed by atoms with Gasteiger partial charge in [-0.25, -0.2) is 4.68 Å². The first-order valence-corrected chi connectivity index (χ1v) is 6.25. The van der Waals surface area contributed by atoms with E-state index < -0.39 is 0 Å². The number of rotatable bonds is 5. The second kappa shape index (κ2) is 5.84. The highest BCUT2D eigenvalue weighted by Gasteiger charge is 2.05. The smallest absolute Gasteiger partial charge is 0.0877 e. The number of benzene rings is 1. The van der Waals surface area contributed by atoms with Crippen LogP contribution in [0.3, 0.4) is 0 Å². The van der Waals surface area contributed by atoms with Crippen molar-refractivity contribution in [1.82, 2.24) is 9.78 Å². The van der Waals surface area contributed by atoms with Gasteiger partial charge in [-0.1, -0.05) is 15.9 Å². The molecule has 1 aromatic carbocycles. The van der Waals surface area contributed by atoms with Crippen molar-refractivity contribution in [2.75, 3.05) is 18.5 Å². The molecule has 2 aromatic rings. The van der Waals surface area contributed by atoms with E-state index in [1.54, 1.807) is 6.20 Å². The van der Waals surface area contributed by atoms with Crippen molar-refractivity contribution in [3.63, 3.8) is 0 Å². The molecular formula is C12H14BrN3O. The second-order valence-electron chi connectivity index (χ2n) is 3.62. The van der Waals surface area contributed by atoms with Crippen LogP contribution >= 0.6 is 15.9 Å². The highest BCUT2D eigenvalue weighted by molar-refractivity contribution is 9.10. The molecule has 0 unspecified atom stereocenters. The lowest BCUT2D eigenvalue weighted by Gasteiger charge is -2.12. The van der Waals surface area contributed by atoms with Gasteiger partial charge in [0.15, 0.2) is 0 Å². The third-order valence-corrected chi connectivity index (χ3v) is 2.85. The van der Waals surface area contributed by atoms with Crippen LogP contribution in [0.2, 0.25) is 0 Å². The average molecular weight is 296 g/mol. The van der Waals surface area contributed by atoms with Gasteiger partial charge in [0.1, 0.15) is 0 Å². The minimum Gasteiger partial charge on any atom is -0.396 e. The molecule has 2 rings (SSSR count). The number of hydrogen-bond acceptors (Lipinski definition) is 3. The van der Waals surface area contributed by atoms with Gasteiger partial charge in [-0.15, -0.1) is 0 Å². The summed E-state index contributed by atoms with van der Waals surface area (Å²) < 4.78 is 2.83. The van der Waals surface area contributed by atoms with E-state index in [0.717, 1.165) is 28.8 Å². The molecule has 5 heteroatoms. The zero-order valence-corrected chi connectivity index (χ0v) is 10.9. The lowest BCUT2D eigenvalue weighted by atomic mass is 10.2. The minimum absolute atomic E-state index is 0.193. The van der Waals surface area contributed by atoms with Crippen molar-refractivity contribution in [1.29, 1.82) is 0 Å². The van der Waals surface area contributed by atoms with E-state index in [1.165, 1.54) is 0 Å².